The third kappa shape index (κ3) is 4.11. The molecule has 5 nitrogen and oxygen atoms in total. The Kier molecular flexibility index (Phi) is 5.27. The SMILES string of the molecule is CCCS(=O)(=O)N1CCc2ccc(NC(=O)c3cc(C)cs3)cc2C1. The first kappa shape index (κ1) is 18.1. The van der Waals surface area contributed by atoms with Gasteiger partial charge in [-0.2, -0.15) is 4.31 Å². The summed E-state index contributed by atoms with van der Waals surface area (Å²) in [4.78, 5) is 13.0. The van der Waals surface area contributed by atoms with Crippen molar-refractivity contribution in [2.45, 2.75) is 33.2 Å². The third-order valence-corrected chi connectivity index (χ3v) is 7.32. The van der Waals surface area contributed by atoms with Crippen LogP contribution in [0.2, 0.25) is 0 Å². The molecule has 2 heterocycles. The van der Waals surface area contributed by atoms with Gasteiger partial charge in [-0.05, 0) is 60.0 Å². The van der Waals surface area contributed by atoms with E-state index < -0.39 is 10.0 Å². The number of benzene rings is 1. The van der Waals surface area contributed by atoms with Gasteiger partial charge in [0.15, 0.2) is 0 Å². The number of thiophene rings is 1. The van der Waals surface area contributed by atoms with Gasteiger partial charge in [0.05, 0.1) is 10.6 Å². The molecule has 0 unspecified atom stereocenters. The summed E-state index contributed by atoms with van der Waals surface area (Å²) in [5.74, 6) is 0.0422. The molecule has 25 heavy (non-hydrogen) atoms. The number of carbonyl (C=O) groups is 1. The molecule has 134 valence electrons. The monoisotopic (exact) mass is 378 g/mol. The Morgan fingerprint density at radius 3 is 2.76 bits per heavy atom. The molecular formula is C18H22N2O3S2. The van der Waals surface area contributed by atoms with Gasteiger partial charge in [-0.1, -0.05) is 13.0 Å². The molecule has 0 spiro atoms. The number of anilines is 1. The minimum absolute atomic E-state index is 0.135. The predicted molar refractivity (Wildman–Crippen MR) is 102 cm³/mol. The van der Waals surface area contributed by atoms with Crippen LogP contribution in [0.5, 0.6) is 0 Å². The summed E-state index contributed by atoms with van der Waals surface area (Å²) >= 11 is 1.42. The number of nitrogens with zero attached hydrogens (tertiary/aromatic N) is 1. The van der Waals surface area contributed by atoms with Gasteiger partial charge in [-0.25, -0.2) is 8.42 Å². The zero-order valence-corrected chi connectivity index (χ0v) is 16.0. The van der Waals surface area contributed by atoms with Gasteiger partial charge in [0.1, 0.15) is 0 Å². The molecule has 0 aliphatic carbocycles. The van der Waals surface area contributed by atoms with Crippen molar-refractivity contribution in [2.24, 2.45) is 0 Å². The molecule has 1 aromatic heterocycles. The first-order chi connectivity index (χ1) is 11.9. The molecule has 1 amide bonds. The van der Waals surface area contributed by atoms with Crippen LogP contribution in [0.3, 0.4) is 0 Å². The molecule has 0 saturated heterocycles. The number of rotatable bonds is 5. The molecular weight excluding hydrogens is 356 g/mol. The van der Waals surface area contributed by atoms with Crippen LogP contribution in [0.1, 0.15) is 39.7 Å². The van der Waals surface area contributed by atoms with E-state index in [0.29, 0.717) is 36.5 Å². The lowest BCUT2D eigenvalue weighted by Gasteiger charge is -2.28. The number of hydrogen-bond acceptors (Lipinski definition) is 4. The lowest BCUT2D eigenvalue weighted by molar-refractivity contribution is 0.103. The normalized spacial score (nSPS) is 15.0. The quantitative estimate of drug-likeness (QED) is 0.867. The summed E-state index contributed by atoms with van der Waals surface area (Å²) in [5.41, 5.74) is 3.88. The van der Waals surface area contributed by atoms with Gasteiger partial charge in [-0.15, -0.1) is 11.3 Å². The Balaban J connectivity index is 1.77. The minimum atomic E-state index is -3.20. The Hall–Kier alpha value is -1.70. The van der Waals surface area contributed by atoms with E-state index in [1.54, 1.807) is 4.31 Å². The van der Waals surface area contributed by atoms with Crippen LogP contribution in [-0.2, 0) is 23.0 Å². The fourth-order valence-corrected chi connectivity index (χ4v) is 5.25. The minimum Gasteiger partial charge on any atom is -0.321 e. The van der Waals surface area contributed by atoms with E-state index in [1.807, 2.05) is 43.5 Å². The molecule has 1 aromatic carbocycles. The van der Waals surface area contributed by atoms with Crippen molar-refractivity contribution in [1.82, 2.24) is 4.31 Å². The second-order valence-corrected chi connectivity index (χ2v) is 9.33. The molecule has 1 aliphatic heterocycles. The predicted octanol–water partition coefficient (Wildman–Crippen LogP) is 3.41. The maximum atomic E-state index is 12.3. The van der Waals surface area contributed by atoms with Crippen LogP contribution in [0, 0.1) is 6.92 Å². The Labute approximate surface area is 152 Å². The first-order valence-corrected chi connectivity index (χ1v) is 10.8. The number of carbonyl (C=O) groups excluding carboxylic acids is 1. The number of hydrogen-bond donors (Lipinski definition) is 1. The highest BCUT2D eigenvalue weighted by Crippen LogP contribution is 2.25. The van der Waals surface area contributed by atoms with E-state index in [9.17, 15) is 13.2 Å². The third-order valence-electron chi connectivity index (χ3n) is 4.25. The maximum absolute atomic E-state index is 12.3. The van der Waals surface area contributed by atoms with Crippen molar-refractivity contribution in [3.05, 3.63) is 51.2 Å². The number of aryl methyl sites for hydroxylation is 1. The number of amides is 1. The fraction of sp³-hybridized carbons (Fsp3) is 0.389. The van der Waals surface area contributed by atoms with E-state index >= 15 is 0 Å². The van der Waals surface area contributed by atoms with E-state index in [2.05, 4.69) is 5.32 Å². The zero-order valence-electron chi connectivity index (χ0n) is 14.4. The van der Waals surface area contributed by atoms with E-state index in [0.717, 1.165) is 16.7 Å². The summed E-state index contributed by atoms with van der Waals surface area (Å²) in [6.07, 6.45) is 1.32. The Morgan fingerprint density at radius 2 is 2.08 bits per heavy atom. The van der Waals surface area contributed by atoms with Crippen LogP contribution < -0.4 is 5.32 Å². The smallest absolute Gasteiger partial charge is 0.265 e. The summed E-state index contributed by atoms with van der Waals surface area (Å²) < 4.78 is 26.2. The van der Waals surface area contributed by atoms with Crippen LogP contribution in [0.4, 0.5) is 5.69 Å². The number of fused-ring (bicyclic) bond motifs is 1. The van der Waals surface area contributed by atoms with Crippen molar-refractivity contribution in [3.63, 3.8) is 0 Å². The van der Waals surface area contributed by atoms with Crippen molar-refractivity contribution in [1.29, 1.82) is 0 Å². The van der Waals surface area contributed by atoms with E-state index in [1.165, 1.54) is 11.3 Å². The summed E-state index contributed by atoms with van der Waals surface area (Å²) in [6, 6.07) is 7.61. The molecule has 2 aromatic rings. The average molecular weight is 379 g/mol. The van der Waals surface area contributed by atoms with Crippen LogP contribution in [0.15, 0.2) is 29.6 Å². The molecule has 3 rings (SSSR count). The molecule has 0 fully saturated rings. The van der Waals surface area contributed by atoms with Gasteiger partial charge >= 0.3 is 0 Å². The lowest BCUT2D eigenvalue weighted by atomic mass is 10.0. The topological polar surface area (TPSA) is 66.5 Å². The van der Waals surface area contributed by atoms with E-state index in [4.69, 9.17) is 0 Å². The molecule has 7 heteroatoms. The molecule has 1 aliphatic rings. The van der Waals surface area contributed by atoms with Gasteiger partial charge in [0.25, 0.3) is 5.91 Å². The van der Waals surface area contributed by atoms with Crippen molar-refractivity contribution < 1.29 is 13.2 Å². The molecule has 0 radical (unpaired) electrons. The highest BCUT2D eigenvalue weighted by Gasteiger charge is 2.26. The summed E-state index contributed by atoms with van der Waals surface area (Å²) in [7, 11) is -3.20. The first-order valence-electron chi connectivity index (χ1n) is 8.35. The highest BCUT2D eigenvalue weighted by atomic mass is 32.2. The molecule has 0 saturated carbocycles. The highest BCUT2D eigenvalue weighted by molar-refractivity contribution is 7.89. The second kappa shape index (κ2) is 7.27. The average Bonchev–Trinajstić information content (AvgIpc) is 3.01. The van der Waals surface area contributed by atoms with Gasteiger partial charge in [0.2, 0.25) is 10.0 Å². The van der Waals surface area contributed by atoms with Gasteiger partial charge < -0.3 is 5.32 Å². The lowest BCUT2D eigenvalue weighted by Crippen LogP contribution is -2.37. The standard InChI is InChI=1S/C18H22N2O3S2/c1-3-8-25(22,23)20-7-6-14-4-5-16(10-15(14)11-20)19-18(21)17-9-13(2)12-24-17/h4-5,9-10,12H,3,6-8,11H2,1-2H3,(H,19,21). The molecule has 0 atom stereocenters. The Morgan fingerprint density at radius 1 is 1.28 bits per heavy atom. The van der Waals surface area contributed by atoms with Crippen LogP contribution in [-0.4, -0.2) is 30.9 Å². The van der Waals surface area contributed by atoms with Gasteiger partial charge in [0, 0.05) is 18.8 Å². The van der Waals surface area contributed by atoms with Crippen LogP contribution >= 0.6 is 11.3 Å². The van der Waals surface area contributed by atoms with Crippen molar-refractivity contribution in [3.8, 4) is 0 Å². The number of nitrogens with one attached hydrogen (secondary N) is 1. The fourth-order valence-electron chi connectivity index (χ4n) is 2.98. The maximum Gasteiger partial charge on any atom is 0.265 e. The van der Waals surface area contributed by atoms with Crippen molar-refractivity contribution >= 4 is 33.0 Å². The van der Waals surface area contributed by atoms with Crippen LogP contribution in [0.25, 0.3) is 0 Å². The Bertz CT molecular complexity index is 887. The van der Waals surface area contributed by atoms with E-state index in [-0.39, 0.29) is 11.7 Å². The largest absolute Gasteiger partial charge is 0.321 e. The molecule has 0 bridgehead atoms. The van der Waals surface area contributed by atoms with Gasteiger partial charge in [-0.3, -0.25) is 4.79 Å². The molecule has 1 N–H and O–H groups in total. The summed E-state index contributed by atoms with van der Waals surface area (Å²) in [5, 5.41) is 4.85. The summed E-state index contributed by atoms with van der Waals surface area (Å²) in [6.45, 7) is 4.72. The second-order valence-electron chi connectivity index (χ2n) is 6.33. The van der Waals surface area contributed by atoms with Crippen molar-refractivity contribution in [2.75, 3.05) is 17.6 Å². The zero-order chi connectivity index (χ0) is 18.0. The number of sulfonamides is 1.